The summed E-state index contributed by atoms with van der Waals surface area (Å²) in [6.07, 6.45) is 0.737. The van der Waals surface area contributed by atoms with Gasteiger partial charge < -0.3 is 14.8 Å². The van der Waals surface area contributed by atoms with E-state index in [9.17, 15) is 9.18 Å². The summed E-state index contributed by atoms with van der Waals surface area (Å²) < 4.78 is 24.9. The van der Waals surface area contributed by atoms with E-state index in [1.165, 1.54) is 18.2 Å². The number of hydrogen-bond acceptors (Lipinski definition) is 3. The van der Waals surface area contributed by atoms with E-state index in [0.717, 1.165) is 12.0 Å². The van der Waals surface area contributed by atoms with Crippen LogP contribution in [0.25, 0.3) is 0 Å². The molecule has 0 atom stereocenters. The Balaban J connectivity index is 1.87. The van der Waals surface area contributed by atoms with Crippen molar-refractivity contribution < 1.29 is 18.7 Å². The topological polar surface area (TPSA) is 47.6 Å². The summed E-state index contributed by atoms with van der Waals surface area (Å²) in [5.41, 5.74) is 1.17. The molecule has 0 fully saturated rings. The van der Waals surface area contributed by atoms with Gasteiger partial charge in [0.15, 0.2) is 11.5 Å². The largest absolute Gasteiger partial charge is 0.489 e. The fourth-order valence-electron chi connectivity index (χ4n) is 2.28. The summed E-state index contributed by atoms with van der Waals surface area (Å²) in [5, 5.41) is 2.83. The van der Waals surface area contributed by atoms with Gasteiger partial charge in [-0.15, -0.1) is 0 Å². The van der Waals surface area contributed by atoms with E-state index in [1.54, 1.807) is 19.1 Å². The molecule has 2 aromatic rings. The standard InChI is InChI=1S/C17H15ClFNO3/c1-10-3-4-14(13(19)7-10)20-17(21)11-8-12(18)16-15(9-11)22-5-2-6-23-16/h3-4,7-9H,2,5-6H2,1H3,(H,20,21). The Labute approximate surface area is 138 Å². The highest BCUT2D eigenvalue weighted by molar-refractivity contribution is 6.32. The quantitative estimate of drug-likeness (QED) is 0.894. The van der Waals surface area contributed by atoms with E-state index in [1.807, 2.05) is 0 Å². The Kier molecular flexibility index (Phi) is 4.39. The molecule has 1 aliphatic rings. The molecular weight excluding hydrogens is 321 g/mol. The summed E-state index contributed by atoms with van der Waals surface area (Å²) in [4.78, 5) is 12.3. The van der Waals surface area contributed by atoms with E-state index >= 15 is 0 Å². The van der Waals surface area contributed by atoms with Gasteiger partial charge in [-0.1, -0.05) is 17.7 Å². The first-order valence-electron chi connectivity index (χ1n) is 7.21. The number of halogens is 2. The van der Waals surface area contributed by atoms with Crippen molar-refractivity contribution in [1.82, 2.24) is 0 Å². The molecule has 0 radical (unpaired) electrons. The summed E-state index contributed by atoms with van der Waals surface area (Å²) in [6, 6.07) is 7.63. The zero-order valence-corrected chi connectivity index (χ0v) is 13.2. The van der Waals surface area contributed by atoms with E-state index in [-0.39, 0.29) is 11.3 Å². The zero-order valence-electron chi connectivity index (χ0n) is 12.5. The van der Waals surface area contributed by atoms with Crippen molar-refractivity contribution in [3.63, 3.8) is 0 Å². The van der Waals surface area contributed by atoms with Gasteiger partial charge >= 0.3 is 0 Å². The predicted octanol–water partition coefficient (Wildman–Crippen LogP) is 4.20. The summed E-state index contributed by atoms with van der Waals surface area (Å²) in [7, 11) is 0. The minimum Gasteiger partial charge on any atom is -0.489 e. The lowest BCUT2D eigenvalue weighted by molar-refractivity contribution is 0.102. The van der Waals surface area contributed by atoms with Crippen molar-refractivity contribution >= 4 is 23.2 Å². The molecule has 0 aliphatic carbocycles. The molecule has 1 aliphatic heterocycles. The smallest absolute Gasteiger partial charge is 0.255 e. The van der Waals surface area contributed by atoms with Crippen LogP contribution in [0.15, 0.2) is 30.3 Å². The van der Waals surface area contributed by atoms with Gasteiger partial charge in [0.25, 0.3) is 5.91 Å². The van der Waals surface area contributed by atoms with Crippen molar-refractivity contribution in [3.05, 3.63) is 52.3 Å². The Hall–Kier alpha value is -2.27. The molecular formula is C17H15ClFNO3. The molecule has 0 aromatic heterocycles. The van der Waals surface area contributed by atoms with Crippen LogP contribution in [0.1, 0.15) is 22.3 Å². The van der Waals surface area contributed by atoms with Gasteiger partial charge in [0, 0.05) is 12.0 Å². The second kappa shape index (κ2) is 6.46. The first-order chi connectivity index (χ1) is 11.0. The molecule has 1 heterocycles. The number of fused-ring (bicyclic) bond motifs is 1. The third-order valence-corrected chi connectivity index (χ3v) is 3.72. The molecule has 0 bridgehead atoms. The molecule has 0 saturated heterocycles. The second-order valence-corrected chi connectivity index (χ2v) is 5.68. The minimum atomic E-state index is -0.487. The van der Waals surface area contributed by atoms with E-state index in [4.69, 9.17) is 21.1 Å². The maximum atomic E-state index is 13.8. The molecule has 2 aromatic carbocycles. The zero-order chi connectivity index (χ0) is 16.4. The molecule has 6 heteroatoms. The number of benzene rings is 2. The second-order valence-electron chi connectivity index (χ2n) is 5.27. The van der Waals surface area contributed by atoms with Gasteiger partial charge in [-0.05, 0) is 36.8 Å². The SMILES string of the molecule is Cc1ccc(NC(=O)c2cc(Cl)c3c(c2)OCCCO3)c(F)c1. The van der Waals surface area contributed by atoms with Gasteiger partial charge in [0.05, 0.1) is 23.9 Å². The van der Waals surface area contributed by atoms with Gasteiger partial charge in [-0.2, -0.15) is 0 Å². The van der Waals surface area contributed by atoms with Crippen LogP contribution in [0.3, 0.4) is 0 Å². The highest BCUT2D eigenvalue weighted by Crippen LogP contribution is 2.38. The average molecular weight is 336 g/mol. The van der Waals surface area contributed by atoms with Crippen LogP contribution in [-0.2, 0) is 0 Å². The molecule has 1 N–H and O–H groups in total. The van der Waals surface area contributed by atoms with Crippen LogP contribution in [0.2, 0.25) is 5.02 Å². The highest BCUT2D eigenvalue weighted by Gasteiger charge is 2.19. The lowest BCUT2D eigenvalue weighted by Crippen LogP contribution is -2.13. The molecule has 1 amide bonds. The van der Waals surface area contributed by atoms with Crippen LogP contribution in [0.5, 0.6) is 11.5 Å². The number of amides is 1. The number of carbonyl (C=O) groups is 1. The summed E-state index contributed by atoms with van der Waals surface area (Å²) >= 11 is 6.16. The average Bonchev–Trinajstić information content (AvgIpc) is 2.75. The Morgan fingerprint density at radius 3 is 2.78 bits per heavy atom. The lowest BCUT2D eigenvalue weighted by atomic mass is 10.1. The number of rotatable bonds is 2. The van der Waals surface area contributed by atoms with E-state index < -0.39 is 11.7 Å². The van der Waals surface area contributed by atoms with Gasteiger partial charge in [-0.25, -0.2) is 4.39 Å². The predicted molar refractivity (Wildman–Crippen MR) is 86.1 cm³/mol. The maximum absolute atomic E-state index is 13.8. The summed E-state index contributed by atoms with van der Waals surface area (Å²) in [5.74, 6) is -0.101. The molecule has 23 heavy (non-hydrogen) atoms. The summed E-state index contributed by atoms with van der Waals surface area (Å²) in [6.45, 7) is 2.77. The Bertz CT molecular complexity index is 764. The van der Waals surface area contributed by atoms with Crippen LogP contribution in [0, 0.1) is 12.7 Å². The van der Waals surface area contributed by atoms with E-state index in [0.29, 0.717) is 29.7 Å². The van der Waals surface area contributed by atoms with Crippen molar-refractivity contribution in [2.24, 2.45) is 0 Å². The first kappa shape index (κ1) is 15.6. The maximum Gasteiger partial charge on any atom is 0.255 e. The number of nitrogens with one attached hydrogen (secondary N) is 1. The first-order valence-corrected chi connectivity index (χ1v) is 7.59. The molecule has 4 nitrogen and oxygen atoms in total. The molecule has 0 spiro atoms. The van der Waals surface area contributed by atoms with E-state index in [2.05, 4.69) is 5.32 Å². The number of hydrogen-bond donors (Lipinski definition) is 1. The van der Waals surface area contributed by atoms with Crippen molar-refractivity contribution in [3.8, 4) is 11.5 Å². The van der Waals surface area contributed by atoms with Gasteiger partial charge in [0.1, 0.15) is 5.82 Å². The number of carbonyl (C=O) groups excluding carboxylic acids is 1. The van der Waals surface area contributed by atoms with Crippen LogP contribution < -0.4 is 14.8 Å². The third-order valence-electron chi connectivity index (χ3n) is 3.44. The van der Waals surface area contributed by atoms with Crippen LogP contribution >= 0.6 is 11.6 Å². The van der Waals surface area contributed by atoms with Crippen LogP contribution in [-0.4, -0.2) is 19.1 Å². The number of ether oxygens (including phenoxy) is 2. The normalized spacial score (nSPS) is 13.3. The van der Waals surface area contributed by atoms with Gasteiger partial charge in [0.2, 0.25) is 0 Å². The minimum absolute atomic E-state index is 0.115. The fourth-order valence-corrected chi connectivity index (χ4v) is 2.54. The van der Waals surface area contributed by atoms with Crippen molar-refractivity contribution in [1.29, 1.82) is 0 Å². The van der Waals surface area contributed by atoms with Crippen LogP contribution in [0.4, 0.5) is 10.1 Å². The lowest BCUT2D eigenvalue weighted by Gasteiger charge is -2.12. The monoisotopic (exact) mass is 335 g/mol. The molecule has 120 valence electrons. The third kappa shape index (κ3) is 3.40. The number of aryl methyl sites for hydroxylation is 1. The highest BCUT2D eigenvalue weighted by atomic mass is 35.5. The van der Waals surface area contributed by atoms with Crippen molar-refractivity contribution in [2.45, 2.75) is 13.3 Å². The Morgan fingerprint density at radius 1 is 1.22 bits per heavy atom. The molecule has 3 rings (SSSR count). The molecule has 0 unspecified atom stereocenters. The molecule has 0 saturated carbocycles. The fraction of sp³-hybridized carbons (Fsp3) is 0.235. The number of anilines is 1. The van der Waals surface area contributed by atoms with Gasteiger partial charge in [-0.3, -0.25) is 4.79 Å². The van der Waals surface area contributed by atoms with Crippen molar-refractivity contribution in [2.75, 3.05) is 18.5 Å². The Morgan fingerprint density at radius 2 is 2.00 bits per heavy atom.